The average Bonchev–Trinajstić information content (AvgIpc) is 2.40. The molecule has 0 fully saturated rings. The zero-order valence-electron chi connectivity index (χ0n) is 9.76. The van der Waals surface area contributed by atoms with Crippen LogP contribution < -0.4 is 5.32 Å². The molecule has 0 aliphatic rings. The quantitative estimate of drug-likeness (QED) is 0.851. The van der Waals surface area contributed by atoms with Crippen LogP contribution in [0.1, 0.15) is 18.4 Å². The van der Waals surface area contributed by atoms with Crippen molar-refractivity contribution in [1.82, 2.24) is 0 Å². The molecule has 0 spiro atoms. The van der Waals surface area contributed by atoms with Gasteiger partial charge in [0.2, 0.25) is 5.91 Å². The zero-order chi connectivity index (χ0) is 12.1. The Kier molecular flexibility index (Phi) is 3.55. The standard InChI is InChI=1S/C15H15NO/c1-12(13-8-4-2-5-9-13)15(17)16-14-10-6-3-7-11-14/h2-12H,1H3,(H,16,17). The Labute approximate surface area is 101 Å². The lowest BCUT2D eigenvalue weighted by Crippen LogP contribution is -2.18. The number of benzene rings is 2. The molecule has 0 bridgehead atoms. The molecule has 17 heavy (non-hydrogen) atoms. The minimum absolute atomic E-state index is 0.0161. The number of hydrogen-bond donors (Lipinski definition) is 1. The third kappa shape index (κ3) is 2.94. The summed E-state index contributed by atoms with van der Waals surface area (Å²) in [5, 5.41) is 2.90. The fourth-order valence-corrected chi connectivity index (χ4v) is 1.67. The van der Waals surface area contributed by atoms with Crippen LogP contribution in [0.3, 0.4) is 0 Å². The van der Waals surface area contributed by atoms with Crippen LogP contribution in [0, 0.1) is 0 Å². The summed E-state index contributed by atoms with van der Waals surface area (Å²) in [4.78, 5) is 12.0. The average molecular weight is 225 g/mol. The second-order valence-electron chi connectivity index (χ2n) is 3.99. The van der Waals surface area contributed by atoms with Crippen molar-refractivity contribution in [2.75, 3.05) is 5.32 Å². The predicted octanol–water partition coefficient (Wildman–Crippen LogP) is 3.43. The van der Waals surface area contributed by atoms with Crippen LogP contribution in [-0.4, -0.2) is 5.91 Å². The van der Waals surface area contributed by atoms with E-state index in [4.69, 9.17) is 0 Å². The Hall–Kier alpha value is -2.09. The molecular formula is C15H15NO. The zero-order valence-corrected chi connectivity index (χ0v) is 9.76. The van der Waals surface area contributed by atoms with Crippen molar-refractivity contribution < 1.29 is 4.79 Å². The monoisotopic (exact) mass is 225 g/mol. The molecule has 1 N–H and O–H groups in total. The second-order valence-corrected chi connectivity index (χ2v) is 3.99. The van der Waals surface area contributed by atoms with E-state index in [2.05, 4.69) is 5.32 Å². The first-order valence-electron chi connectivity index (χ1n) is 5.68. The Morgan fingerprint density at radius 3 is 2.06 bits per heavy atom. The van der Waals surface area contributed by atoms with Crippen LogP contribution in [0.25, 0.3) is 0 Å². The molecule has 1 amide bonds. The summed E-state index contributed by atoms with van der Waals surface area (Å²) in [6, 6.07) is 19.3. The largest absolute Gasteiger partial charge is 0.326 e. The van der Waals surface area contributed by atoms with Gasteiger partial charge in [0, 0.05) is 5.69 Å². The third-order valence-corrected chi connectivity index (χ3v) is 2.73. The Bertz CT molecular complexity index is 479. The highest BCUT2D eigenvalue weighted by Gasteiger charge is 2.14. The number of hydrogen-bond acceptors (Lipinski definition) is 1. The van der Waals surface area contributed by atoms with Gasteiger partial charge in [0.05, 0.1) is 5.92 Å². The highest BCUT2D eigenvalue weighted by atomic mass is 16.1. The van der Waals surface area contributed by atoms with Crippen LogP contribution in [0.2, 0.25) is 0 Å². The van der Waals surface area contributed by atoms with Crippen molar-refractivity contribution in [3.05, 3.63) is 66.2 Å². The Morgan fingerprint density at radius 1 is 0.941 bits per heavy atom. The predicted molar refractivity (Wildman–Crippen MR) is 69.9 cm³/mol. The van der Waals surface area contributed by atoms with Crippen LogP contribution in [0.5, 0.6) is 0 Å². The van der Waals surface area contributed by atoms with Gasteiger partial charge < -0.3 is 5.32 Å². The van der Waals surface area contributed by atoms with Gasteiger partial charge in [-0.15, -0.1) is 0 Å². The molecule has 1 atom stereocenters. The molecule has 2 aromatic carbocycles. The highest BCUT2D eigenvalue weighted by molar-refractivity contribution is 5.95. The van der Waals surface area contributed by atoms with E-state index < -0.39 is 0 Å². The van der Waals surface area contributed by atoms with Gasteiger partial charge in [0.15, 0.2) is 0 Å². The van der Waals surface area contributed by atoms with Gasteiger partial charge in [-0.3, -0.25) is 4.79 Å². The van der Waals surface area contributed by atoms with Crippen molar-refractivity contribution in [2.24, 2.45) is 0 Å². The lowest BCUT2D eigenvalue weighted by molar-refractivity contribution is -0.117. The molecule has 2 nitrogen and oxygen atoms in total. The molecule has 0 saturated carbocycles. The van der Waals surface area contributed by atoms with Crippen molar-refractivity contribution in [1.29, 1.82) is 0 Å². The summed E-state index contributed by atoms with van der Waals surface area (Å²) in [5.74, 6) is -0.126. The van der Waals surface area contributed by atoms with E-state index in [1.807, 2.05) is 67.6 Å². The van der Waals surface area contributed by atoms with E-state index in [0.717, 1.165) is 11.3 Å². The minimum Gasteiger partial charge on any atom is -0.326 e. The Balaban J connectivity index is 2.06. The maximum absolute atomic E-state index is 12.0. The number of amides is 1. The van der Waals surface area contributed by atoms with Crippen LogP contribution in [-0.2, 0) is 4.79 Å². The lowest BCUT2D eigenvalue weighted by atomic mass is 10.0. The molecule has 0 heterocycles. The maximum atomic E-state index is 12.0. The van der Waals surface area contributed by atoms with E-state index in [9.17, 15) is 4.79 Å². The van der Waals surface area contributed by atoms with Gasteiger partial charge in [-0.05, 0) is 24.6 Å². The molecule has 2 rings (SSSR count). The number of carbonyl (C=O) groups is 1. The molecule has 0 aliphatic carbocycles. The van der Waals surface area contributed by atoms with Gasteiger partial charge in [0.25, 0.3) is 0 Å². The minimum atomic E-state index is -0.142. The van der Waals surface area contributed by atoms with E-state index in [1.54, 1.807) is 0 Å². The van der Waals surface area contributed by atoms with Crippen LogP contribution in [0.4, 0.5) is 5.69 Å². The van der Waals surface area contributed by atoms with Gasteiger partial charge in [-0.1, -0.05) is 48.5 Å². The molecule has 0 aromatic heterocycles. The number of carbonyl (C=O) groups excluding carboxylic acids is 1. The topological polar surface area (TPSA) is 29.1 Å². The second kappa shape index (κ2) is 5.30. The third-order valence-electron chi connectivity index (χ3n) is 2.73. The van der Waals surface area contributed by atoms with E-state index in [-0.39, 0.29) is 11.8 Å². The van der Waals surface area contributed by atoms with E-state index >= 15 is 0 Å². The summed E-state index contributed by atoms with van der Waals surface area (Å²) in [5.41, 5.74) is 1.86. The number of anilines is 1. The van der Waals surface area contributed by atoms with Gasteiger partial charge in [0.1, 0.15) is 0 Å². The van der Waals surface area contributed by atoms with Gasteiger partial charge >= 0.3 is 0 Å². The fraction of sp³-hybridized carbons (Fsp3) is 0.133. The van der Waals surface area contributed by atoms with Gasteiger partial charge in [-0.2, -0.15) is 0 Å². The van der Waals surface area contributed by atoms with E-state index in [1.165, 1.54) is 0 Å². The molecule has 0 saturated heterocycles. The van der Waals surface area contributed by atoms with Crippen LogP contribution in [0.15, 0.2) is 60.7 Å². The SMILES string of the molecule is CC(C(=O)Nc1ccccc1)c1ccccc1. The number of para-hydroxylation sites is 1. The first kappa shape index (κ1) is 11.4. The summed E-state index contributed by atoms with van der Waals surface area (Å²) < 4.78 is 0. The summed E-state index contributed by atoms with van der Waals surface area (Å²) in [7, 11) is 0. The summed E-state index contributed by atoms with van der Waals surface area (Å²) >= 11 is 0. The lowest BCUT2D eigenvalue weighted by Gasteiger charge is -2.12. The van der Waals surface area contributed by atoms with Crippen molar-refractivity contribution in [2.45, 2.75) is 12.8 Å². The summed E-state index contributed by atoms with van der Waals surface area (Å²) in [6.07, 6.45) is 0. The molecule has 0 radical (unpaired) electrons. The Morgan fingerprint density at radius 2 is 1.47 bits per heavy atom. The van der Waals surface area contributed by atoms with Crippen molar-refractivity contribution >= 4 is 11.6 Å². The normalized spacial score (nSPS) is 11.8. The fourth-order valence-electron chi connectivity index (χ4n) is 1.67. The van der Waals surface area contributed by atoms with E-state index in [0.29, 0.717) is 0 Å². The van der Waals surface area contributed by atoms with Crippen molar-refractivity contribution in [3.63, 3.8) is 0 Å². The smallest absolute Gasteiger partial charge is 0.231 e. The van der Waals surface area contributed by atoms with Gasteiger partial charge in [-0.25, -0.2) is 0 Å². The number of rotatable bonds is 3. The highest BCUT2D eigenvalue weighted by Crippen LogP contribution is 2.17. The molecular weight excluding hydrogens is 210 g/mol. The van der Waals surface area contributed by atoms with Crippen molar-refractivity contribution in [3.8, 4) is 0 Å². The molecule has 86 valence electrons. The first-order valence-corrected chi connectivity index (χ1v) is 5.68. The summed E-state index contributed by atoms with van der Waals surface area (Å²) in [6.45, 7) is 1.91. The molecule has 2 heteroatoms. The molecule has 1 unspecified atom stereocenters. The molecule has 2 aromatic rings. The van der Waals surface area contributed by atoms with Crippen LogP contribution >= 0.6 is 0 Å². The molecule has 0 aliphatic heterocycles. The maximum Gasteiger partial charge on any atom is 0.231 e. The first-order chi connectivity index (χ1) is 8.27. The number of nitrogens with one attached hydrogen (secondary N) is 1.